The third-order valence-corrected chi connectivity index (χ3v) is 2.76. The van der Waals surface area contributed by atoms with Gasteiger partial charge in [-0.2, -0.15) is 13.2 Å². The minimum Gasteiger partial charge on any atom is -0.330 e. The lowest BCUT2D eigenvalue weighted by molar-refractivity contribution is -0.135. The normalized spacial score (nSPS) is 13.6. The average Bonchev–Trinajstić information content (AvgIpc) is 2.33. The van der Waals surface area contributed by atoms with Crippen LogP contribution in [0.2, 0.25) is 0 Å². The number of nitrogens with two attached hydrogens (primary N) is 1. The lowest BCUT2D eigenvalue weighted by Crippen LogP contribution is -2.28. The fraction of sp³-hybridized carbons (Fsp3) is 0.538. The van der Waals surface area contributed by atoms with Crippen molar-refractivity contribution in [1.82, 2.24) is 5.32 Å². The topological polar surface area (TPSA) is 38.0 Å². The number of alkyl halides is 3. The molecule has 1 rings (SSSR count). The number of nitrogens with one attached hydrogen (secondary N) is 1. The molecule has 0 saturated heterocycles. The molecular formula is C13H19F3N2. The fourth-order valence-electron chi connectivity index (χ4n) is 1.75. The monoisotopic (exact) mass is 260 g/mol. The fourth-order valence-corrected chi connectivity index (χ4v) is 1.75. The van der Waals surface area contributed by atoms with E-state index in [0.717, 1.165) is 5.56 Å². The van der Waals surface area contributed by atoms with Crippen LogP contribution < -0.4 is 11.1 Å². The molecule has 0 spiro atoms. The summed E-state index contributed by atoms with van der Waals surface area (Å²) in [5.41, 5.74) is 6.78. The smallest absolute Gasteiger partial charge is 0.330 e. The molecule has 0 amide bonds. The third kappa shape index (κ3) is 6.02. The van der Waals surface area contributed by atoms with Crippen molar-refractivity contribution < 1.29 is 13.2 Å². The lowest BCUT2D eigenvalue weighted by atomic mass is 9.99. The van der Waals surface area contributed by atoms with Crippen molar-refractivity contribution in [2.75, 3.05) is 19.6 Å². The Hall–Kier alpha value is -1.07. The number of hydrogen-bond donors (Lipinski definition) is 2. The van der Waals surface area contributed by atoms with Crippen LogP contribution in [-0.4, -0.2) is 25.8 Å². The zero-order chi connectivity index (χ0) is 13.4. The maximum Gasteiger partial charge on any atom is 0.389 e. The van der Waals surface area contributed by atoms with Gasteiger partial charge in [0.05, 0.1) is 0 Å². The SMILES string of the molecule is NCC(CNCCCC(F)(F)F)c1ccccc1. The first-order valence-electron chi connectivity index (χ1n) is 6.05. The lowest BCUT2D eigenvalue weighted by Gasteiger charge is -2.16. The molecule has 2 nitrogen and oxygen atoms in total. The molecule has 0 heterocycles. The summed E-state index contributed by atoms with van der Waals surface area (Å²) in [7, 11) is 0. The van der Waals surface area contributed by atoms with Gasteiger partial charge in [-0.05, 0) is 18.5 Å². The molecule has 5 heteroatoms. The highest BCUT2D eigenvalue weighted by Gasteiger charge is 2.25. The molecule has 3 N–H and O–H groups in total. The van der Waals surface area contributed by atoms with Crippen LogP contribution in [0.3, 0.4) is 0 Å². The molecule has 18 heavy (non-hydrogen) atoms. The molecule has 0 aliphatic rings. The van der Waals surface area contributed by atoms with Gasteiger partial charge in [0.15, 0.2) is 0 Å². The van der Waals surface area contributed by atoms with E-state index in [2.05, 4.69) is 5.32 Å². The van der Waals surface area contributed by atoms with Gasteiger partial charge in [0.2, 0.25) is 0 Å². The van der Waals surface area contributed by atoms with E-state index in [-0.39, 0.29) is 12.3 Å². The molecule has 1 aromatic carbocycles. The second-order valence-corrected chi connectivity index (χ2v) is 4.27. The van der Waals surface area contributed by atoms with Gasteiger partial charge in [0.1, 0.15) is 0 Å². The Bertz CT molecular complexity index is 325. The van der Waals surface area contributed by atoms with E-state index < -0.39 is 12.6 Å². The summed E-state index contributed by atoms with van der Waals surface area (Å²) in [6.45, 7) is 1.46. The second kappa shape index (κ2) is 7.38. The van der Waals surface area contributed by atoms with Gasteiger partial charge in [-0.15, -0.1) is 0 Å². The van der Waals surface area contributed by atoms with Gasteiger partial charge in [0, 0.05) is 25.4 Å². The van der Waals surface area contributed by atoms with E-state index in [1.165, 1.54) is 0 Å². The number of rotatable bonds is 7. The van der Waals surface area contributed by atoms with E-state index in [1.807, 2.05) is 30.3 Å². The Labute approximate surface area is 105 Å². The van der Waals surface area contributed by atoms with Crippen molar-refractivity contribution in [3.63, 3.8) is 0 Å². The molecule has 1 atom stereocenters. The van der Waals surface area contributed by atoms with Gasteiger partial charge in [0.25, 0.3) is 0 Å². The maximum absolute atomic E-state index is 11.9. The van der Waals surface area contributed by atoms with Crippen molar-refractivity contribution in [1.29, 1.82) is 0 Å². The minimum atomic E-state index is -4.06. The quantitative estimate of drug-likeness (QED) is 0.740. The summed E-state index contributed by atoms with van der Waals surface area (Å²) in [5, 5.41) is 3.03. The molecule has 0 saturated carbocycles. The molecule has 1 aromatic rings. The molecule has 0 aliphatic carbocycles. The standard InChI is InChI=1S/C13H19F3N2/c14-13(15,16)7-4-8-18-10-12(9-17)11-5-2-1-3-6-11/h1-3,5-6,12,18H,4,7-10,17H2. The van der Waals surface area contributed by atoms with Crippen LogP contribution in [0.1, 0.15) is 24.3 Å². The van der Waals surface area contributed by atoms with Crippen molar-refractivity contribution in [2.45, 2.75) is 24.9 Å². The van der Waals surface area contributed by atoms with E-state index in [4.69, 9.17) is 5.73 Å². The van der Waals surface area contributed by atoms with Crippen LogP contribution in [0.25, 0.3) is 0 Å². The van der Waals surface area contributed by atoms with Crippen molar-refractivity contribution in [2.24, 2.45) is 5.73 Å². The maximum atomic E-state index is 11.9. The number of hydrogen-bond acceptors (Lipinski definition) is 2. The van der Waals surface area contributed by atoms with E-state index >= 15 is 0 Å². The van der Waals surface area contributed by atoms with Gasteiger partial charge in [-0.1, -0.05) is 30.3 Å². The van der Waals surface area contributed by atoms with Crippen molar-refractivity contribution in [3.8, 4) is 0 Å². The Morgan fingerprint density at radius 1 is 1.17 bits per heavy atom. The van der Waals surface area contributed by atoms with E-state index in [9.17, 15) is 13.2 Å². The Morgan fingerprint density at radius 2 is 1.83 bits per heavy atom. The Kier molecular flexibility index (Phi) is 6.15. The van der Waals surface area contributed by atoms with Crippen LogP contribution in [0.5, 0.6) is 0 Å². The first-order valence-corrected chi connectivity index (χ1v) is 6.05. The number of halogens is 3. The molecule has 0 fully saturated rings. The average molecular weight is 260 g/mol. The third-order valence-electron chi connectivity index (χ3n) is 2.76. The predicted octanol–water partition coefficient (Wildman–Crippen LogP) is 2.66. The Morgan fingerprint density at radius 3 is 2.39 bits per heavy atom. The van der Waals surface area contributed by atoms with Gasteiger partial charge < -0.3 is 11.1 Å². The Balaban J connectivity index is 2.25. The van der Waals surface area contributed by atoms with Crippen LogP contribution >= 0.6 is 0 Å². The van der Waals surface area contributed by atoms with Gasteiger partial charge in [-0.25, -0.2) is 0 Å². The zero-order valence-electron chi connectivity index (χ0n) is 10.2. The predicted molar refractivity (Wildman–Crippen MR) is 66.4 cm³/mol. The highest BCUT2D eigenvalue weighted by atomic mass is 19.4. The van der Waals surface area contributed by atoms with Crippen LogP contribution in [-0.2, 0) is 0 Å². The summed E-state index contributed by atoms with van der Waals surface area (Å²) in [4.78, 5) is 0. The largest absolute Gasteiger partial charge is 0.389 e. The van der Waals surface area contributed by atoms with Crippen LogP contribution in [0.15, 0.2) is 30.3 Å². The molecule has 0 bridgehead atoms. The minimum absolute atomic E-state index is 0.107. The summed E-state index contributed by atoms with van der Waals surface area (Å²) < 4.78 is 35.8. The van der Waals surface area contributed by atoms with Crippen LogP contribution in [0, 0.1) is 0 Å². The zero-order valence-corrected chi connectivity index (χ0v) is 10.2. The first kappa shape index (κ1) is 15.0. The summed E-state index contributed by atoms with van der Waals surface area (Å²) in [6.07, 6.45) is -4.69. The van der Waals surface area contributed by atoms with Gasteiger partial charge in [-0.3, -0.25) is 0 Å². The van der Waals surface area contributed by atoms with E-state index in [1.54, 1.807) is 0 Å². The molecular weight excluding hydrogens is 241 g/mol. The van der Waals surface area contributed by atoms with Crippen molar-refractivity contribution >= 4 is 0 Å². The molecule has 1 unspecified atom stereocenters. The van der Waals surface area contributed by atoms with E-state index in [0.29, 0.717) is 19.6 Å². The summed E-state index contributed by atoms with van der Waals surface area (Å²) in [6, 6.07) is 9.75. The van der Waals surface area contributed by atoms with Gasteiger partial charge >= 0.3 is 6.18 Å². The molecule has 0 radical (unpaired) electrons. The highest BCUT2D eigenvalue weighted by Crippen LogP contribution is 2.20. The van der Waals surface area contributed by atoms with Crippen LogP contribution in [0.4, 0.5) is 13.2 Å². The summed E-state index contributed by atoms with van der Waals surface area (Å²) in [5.74, 6) is 0.150. The summed E-state index contributed by atoms with van der Waals surface area (Å²) >= 11 is 0. The number of benzene rings is 1. The highest BCUT2D eigenvalue weighted by molar-refractivity contribution is 5.20. The molecule has 0 aliphatic heterocycles. The first-order chi connectivity index (χ1) is 8.53. The van der Waals surface area contributed by atoms with Crippen molar-refractivity contribution in [3.05, 3.63) is 35.9 Å². The second-order valence-electron chi connectivity index (χ2n) is 4.27. The molecule has 0 aromatic heterocycles. The molecule has 102 valence electrons.